The molecule has 0 unspecified atom stereocenters. The van der Waals surface area contributed by atoms with Crippen LogP contribution in [0.2, 0.25) is 0 Å². The Morgan fingerprint density at radius 3 is 2.75 bits per heavy atom. The Hall–Kier alpha value is -1.28. The molecule has 1 aliphatic heterocycles. The summed E-state index contributed by atoms with van der Waals surface area (Å²) >= 11 is 0. The second-order valence-corrected chi connectivity index (χ2v) is 4.61. The molecule has 0 bridgehead atoms. The van der Waals surface area contributed by atoms with Crippen molar-refractivity contribution in [1.82, 2.24) is 0 Å². The number of hydrogen-bond donors (Lipinski definition) is 1. The lowest BCUT2D eigenvalue weighted by Crippen LogP contribution is -2.30. The standard InChI is InChI=1S/C14H20N2/c1-11-6-5-9-16(10-11)14-8-4-3-7-13(14)12(2)15/h3-4,6-8,12H,5,9-10,15H2,1-2H3/t12-/m0/s1. The minimum absolute atomic E-state index is 0.0995. The average Bonchev–Trinajstić information content (AvgIpc) is 2.29. The first kappa shape index (κ1) is 11.2. The van der Waals surface area contributed by atoms with Crippen LogP contribution in [0.25, 0.3) is 0 Å². The van der Waals surface area contributed by atoms with Crippen LogP contribution >= 0.6 is 0 Å². The molecule has 0 radical (unpaired) electrons. The van der Waals surface area contributed by atoms with Crippen molar-refractivity contribution in [3.05, 3.63) is 41.5 Å². The van der Waals surface area contributed by atoms with E-state index in [0.29, 0.717) is 0 Å². The Morgan fingerprint density at radius 2 is 2.06 bits per heavy atom. The summed E-state index contributed by atoms with van der Waals surface area (Å²) in [7, 11) is 0. The van der Waals surface area contributed by atoms with Gasteiger partial charge in [0, 0.05) is 24.8 Å². The minimum Gasteiger partial charge on any atom is -0.367 e. The number of benzene rings is 1. The summed E-state index contributed by atoms with van der Waals surface area (Å²) in [5.74, 6) is 0. The third-order valence-corrected chi connectivity index (χ3v) is 3.10. The zero-order chi connectivity index (χ0) is 11.5. The molecule has 0 amide bonds. The highest BCUT2D eigenvalue weighted by Crippen LogP contribution is 2.27. The molecule has 16 heavy (non-hydrogen) atoms. The third kappa shape index (κ3) is 2.27. The van der Waals surface area contributed by atoms with Gasteiger partial charge in [-0.25, -0.2) is 0 Å². The number of hydrogen-bond acceptors (Lipinski definition) is 2. The van der Waals surface area contributed by atoms with Gasteiger partial charge >= 0.3 is 0 Å². The summed E-state index contributed by atoms with van der Waals surface area (Å²) in [6.07, 6.45) is 3.46. The molecular weight excluding hydrogens is 196 g/mol. The molecule has 2 heteroatoms. The maximum atomic E-state index is 6.01. The number of nitrogens with two attached hydrogens (primary N) is 1. The van der Waals surface area contributed by atoms with E-state index < -0.39 is 0 Å². The topological polar surface area (TPSA) is 29.3 Å². The van der Waals surface area contributed by atoms with Crippen LogP contribution in [-0.4, -0.2) is 13.1 Å². The Labute approximate surface area is 97.8 Å². The summed E-state index contributed by atoms with van der Waals surface area (Å²) in [6, 6.07) is 8.57. The highest BCUT2D eigenvalue weighted by atomic mass is 15.1. The molecule has 2 nitrogen and oxygen atoms in total. The van der Waals surface area contributed by atoms with E-state index in [-0.39, 0.29) is 6.04 Å². The summed E-state index contributed by atoms with van der Waals surface area (Å²) in [5, 5.41) is 0. The van der Waals surface area contributed by atoms with Gasteiger partial charge in [-0.15, -0.1) is 0 Å². The molecule has 0 spiro atoms. The van der Waals surface area contributed by atoms with Gasteiger partial charge in [0.15, 0.2) is 0 Å². The van der Waals surface area contributed by atoms with Gasteiger partial charge < -0.3 is 10.6 Å². The maximum absolute atomic E-state index is 6.01. The predicted molar refractivity (Wildman–Crippen MR) is 69.6 cm³/mol. The van der Waals surface area contributed by atoms with Gasteiger partial charge in [0.05, 0.1) is 0 Å². The van der Waals surface area contributed by atoms with Gasteiger partial charge in [-0.2, -0.15) is 0 Å². The molecule has 0 fully saturated rings. The Morgan fingerprint density at radius 1 is 1.31 bits per heavy atom. The van der Waals surface area contributed by atoms with E-state index in [2.05, 4.69) is 42.2 Å². The van der Waals surface area contributed by atoms with Gasteiger partial charge in [0.1, 0.15) is 0 Å². The van der Waals surface area contributed by atoms with Crippen LogP contribution in [0.15, 0.2) is 35.9 Å². The van der Waals surface area contributed by atoms with E-state index in [9.17, 15) is 0 Å². The lowest BCUT2D eigenvalue weighted by Gasteiger charge is -2.31. The highest BCUT2D eigenvalue weighted by Gasteiger charge is 2.15. The van der Waals surface area contributed by atoms with Crippen LogP contribution in [-0.2, 0) is 0 Å². The normalized spacial score (nSPS) is 18.2. The van der Waals surface area contributed by atoms with Crippen molar-refractivity contribution in [2.24, 2.45) is 5.73 Å². The molecule has 1 aromatic carbocycles. The zero-order valence-electron chi connectivity index (χ0n) is 10.1. The molecule has 1 atom stereocenters. The Bertz CT molecular complexity index is 393. The minimum atomic E-state index is 0.0995. The number of rotatable bonds is 2. The fourth-order valence-corrected chi connectivity index (χ4v) is 2.28. The first-order valence-corrected chi connectivity index (χ1v) is 5.93. The quantitative estimate of drug-likeness (QED) is 0.770. The summed E-state index contributed by atoms with van der Waals surface area (Å²) in [6.45, 7) is 6.37. The molecule has 1 aliphatic rings. The molecule has 1 aromatic rings. The van der Waals surface area contributed by atoms with E-state index in [1.165, 1.54) is 16.8 Å². The Balaban J connectivity index is 2.29. The van der Waals surface area contributed by atoms with E-state index in [0.717, 1.165) is 19.5 Å². The molecule has 1 heterocycles. The summed E-state index contributed by atoms with van der Waals surface area (Å²) in [4.78, 5) is 2.42. The number of anilines is 1. The van der Waals surface area contributed by atoms with Crippen LogP contribution in [0, 0.1) is 0 Å². The van der Waals surface area contributed by atoms with Gasteiger partial charge in [-0.1, -0.05) is 29.8 Å². The van der Waals surface area contributed by atoms with Crippen LogP contribution in [0.4, 0.5) is 5.69 Å². The van der Waals surface area contributed by atoms with E-state index in [1.807, 2.05) is 6.92 Å². The fraction of sp³-hybridized carbons (Fsp3) is 0.429. The molecule has 2 N–H and O–H groups in total. The van der Waals surface area contributed by atoms with Crippen molar-refractivity contribution in [1.29, 1.82) is 0 Å². The molecule has 0 saturated carbocycles. The first-order chi connectivity index (χ1) is 7.68. The summed E-state index contributed by atoms with van der Waals surface area (Å²) < 4.78 is 0. The second-order valence-electron chi connectivity index (χ2n) is 4.61. The second kappa shape index (κ2) is 4.71. The molecule has 86 valence electrons. The van der Waals surface area contributed by atoms with Gasteiger partial charge in [0.25, 0.3) is 0 Å². The zero-order valence-corrected chi connectivity index (χ0v) is 10.1. The molecule has 0 aromatic heterocycles. The smallest absolute Gasteiger partial charge is 0.0417 e. The highest BCUT2D eigenvalue weighted by molar-refractivity contribution is 5.56. The lowest BCUT2D eigenvalue weighted by atomic mass is 10.0. The lowest BCUT2D eigenvalue weighted by molar-refractivity contribution is 0.760. The van der Waals surface area contributed by atoms with Crippen LogP contribution < -0.4 is 10.6 Å². The van der Waals surface area contributed by atoms with Gasteiger partial charge in [0.2, 0.25) is 0 Å². The Kier molecular flexibility index (Phi) is 3.30. The summed E-state index contributed by atoms with van der Waals surface area (Å²) in [5.41, 5.74) is 10.0. The first-order valence-electron chi connectivity index (χ1n) is 5.93. The number of nitrogens with zero attached hydrogens (tertiary/aromatic N) is 1. The maximum Gasteiger partial charge on any atom is 0.0417 e. The van der Waals surface area contributed by atoms with E-state index in [1.54, 1.807) is 0 Å². The van der Waals surface area contributed by atoms with Crippen LogP contribution in [0.3, 0.4) is 0 Å². The van der Waals surface area contributed by atoms with E-state index >= 15 is 0 Å². The molecule has 2 rings (SSSR count). The molecule has 0 aliphatic carbocycles. The number of para-hydroxylation sites is 1. The van der Waals surface area contributed by atoms with Crippen LogP contribution in [0.1, 0.15) is 31.9 Å². The van der Waals surface area contributed by atoms with Crippen molar-refractivity contribution in [3.8, 4) is 0 Å². The van der Waals surface area contributed by atoms with Crippen LogP contribution in [0.5, 0.6) is 0 Å². The van der Waals surface area contributed by atoms with E-state index in [4.69, 9.17) is 5.73 Å². The molecular formula is C14H20N2. The van der Waals surface area contributed by atoms with Crippen molar-refractivity contribution in [2.75, 3.05) is 18.0 Å². The van der Waals surface area contributed by atoms with Crippen molar-refractivity contribution in [2.45, 2.75) is 26.3 Å². The third-order valence-electron chi connectivity index (χ3n) is 3.10. The fourth-order valence-electron chi connectivity index (χ4n) is 2.28. The average molecular weight is 216 g/mol. The van der Waals surface area contributed by atoms with Crippen molar-refractivity contribution < 1.29 is 0 Å². The van der Waals surface area contributed by atoms with Crippen molar-refractivity contribution >= 4 is 5.69 Å². The van der Waals surface area contributed by atoms with Gasteiger partial charge in [-0.3, -0.25) is 0 Å². The van der Waals surface area contributed by atoms with Crippen molar-refractivity contribution in [3.63, 3.8) is 0 Å². The molecule has 0 saturated heterocycles. The monoisotopic (exact) mass is 216 g/mol. The predicted octanol–water partition coefficient (Wildman–Crippen LogP) is 2.86. The van der Waals surface area contributed by atoms with Gasteiger partial charge in [-0.05, 0) is 31.9 Å². The largest absolute Gasteiger partial charge is 0.367 e. The SMILES string of the molecule is CC1=CCCN(c2ccccc2[C@H](C)N)C1.